The van der Waals surface area contributed by atoms with E-state index in [9.17, 15) is 4.79 Å². The molecule has 0 spiro atoms. The van der Waals surface area contributed by atoms with Crippen molar-refractivity contribution in [2.75, 3.05) is 41.3 Å². The van der Waals surface area contributed by atoms with Crippen LogP contribution in [0.1, 0.15) is 15.9 Å². The van der Waals surface area contributed by atoms with Crippen LogP contribution in [0.25, 0.3) is 0 Å². The van der Waals surface area contributed by atoms with E-state index < -0.39 is 0 Å². The highest BCUT2D eigenvalue weighted by molar-refractivity contribution is 6.04. The van der Waals surface area contributed by atoms with Gasteiger partial charge in [-0.15, -0.1) is 0 Å². The molecular formula is C23H21N5O. The Bertz CT molecular complexity index is 1040. The van der Waals surface area contributed by atoms with E-state index in [0.717, 1.165) is 31.9 Å². The van der Waals surface area contributed by atoms with Crippen LogP contribution in [0.3, 0.4) is 0 Å². The van der Waals surface area contributed by atoms with Crippen molar-refractivity contribution in [3.8, 4) is 6.07 Å². The molecule has 2 aromatic carbocycles. The second-order valence-electron chi connectivity index (χ2n) is 6.89. The van der Waals surface area contributed by atoms with Gasteiger partial charge in [-0.25, -0.2) is 0 Å². The van der Waals surface area contributed by atoms with Crippen molar-refractivity contribution in [3.05, 3.63) is 84.2 Å². The number of benzene rings is 2. The molecule has 4 rings (SSSR count). The molecule has 1 amide bonds. The Morgan fingerprint density at radius 1 is 0.897 bits per heavy atom. The third-order valence-electron chi connectivity index (χ3n) is 5.00. The van der Waals surface area contributed by atoms with Gasteiger partial charge in [-0.3, -0.25) is 9.78 Å². The van der Waals surface area contributed by atoms with Crippen molar-refractivity contribution >= 4 is 23.0 Å². The molecular weight excluding hydrogens is 362 g/mol. The minimum Gasteiger partial charge on any atom is -0.368 e. The molecule has 144 valence electrons. The fourth-order valence-corrected chi connectivity index (χ4v) is 3.46. The van der Waals surface area contributed by atoms with Crippen LogP contribution in [-0.4, -0.2) is 37.1 Å². The number of anilines is 3. The highest BCUT2D eigenvalue weighted by atomic mass is 16.1. The predicted molar refractivity (Wildman–Crippen MR) is 114 cm³/mol. The Morgan fingerprint density at radius 2 is 1.62 bits per heavy atom. The molecule has 1 saturated heterocycles. The molecule has 0 saturated carbocycles. The van der Waals surface area contributed by atoms with Gasteiger partial charge < -0.3 is 15.1 Å². The van der Waals surface area contributed by atoms with E-state index in [2.05, 4.69) is 50.4 Å². The van der Waals surface area contributed by atoms with Crippen molar-refractivity contribution < 1.29 is 4.79 Å². The molecule has 6 nitrogen and oxygen atoms in total. The Hall–Kier alpha value is -3.85. The van der Waals surface area contributed by atoms with Gasteiger partial charge in [-0.05, 0) is 36.4 Å². The summed E-state index contributed by atoms with van der Waals surface area (Å²) >= 11 is 0. The first-order chi connectivity index (χ1) is 14.2. The number of carbonyl (C=O) groups excluding carboxylic acids is 1. The summed E-state index contributed by atoms with van der Waals surface area (Å²) in [6.07, 6.45) is 3.36. The van der Waals surface area contributed by atoms with Crippen molar-refractivity contribution in [3.63, 3.8) is 0 Å². The molecule has 3 aromatic rings. The maximum atomic E-state index is 12.6. The summed E-state index contributed by atoms with van der Waals surface area (Å²) in [4.78, 5) is 21.5. The number of amides is 1. The predicted octanol–water partition coefficient (Wildman–Crippen LogP) is 3.53. The molecule has 0 unspecified atom stereocenters. The van der Waals surface area contributed by atoms with Crippen LogP contribution in [0.2, 0.25) is 0 Å². The van der Waals surface area contributed by atoms with Gasteiger partial charge in [0.15, 0.2) is 0 Å². The van der Waals surface area contributed by atoms with Gasteiger partial charge >= 0.3 is 0 Å². The number of hydrogen-bond acceptors (Lipinski definition) is 5. The molecule has 6 heteroatoms. The lowest BCUT2D eigenvalue weighted by atomic mass is 10.2. The van der Waals surface area contributed by atoms with E-state index in [-0.39, 0.29) is 5.91 Å². The average Bonchev–Trinajstić information content (AvgIpc) is 2.80. The van der Waals surface area contributed by atoms with Crippen molar-refractivity contribution in [2.24, 2.45) is 0 Å². The zero-order chi connectivity index (χ0) is 20.1. The van der Waals surface area contributed by atoms with Crippen LogP contribution in [0.5, 0.6) is 0 Å². The summed E-state index contributed by atoms with van der Waals surface area (Å²) in [7, 11) is 0. The Labute approximate surface area is 170 Å². The minimum atomic E-state index is -0.239. The molecule has 0 bridgehead atoms. The molecule has 1 aromatic heterocycles. The third-order valence-corrected chi connectivity index (χ3v) is 5.00. The van der Waals surface area contributed by atoms with Crippen molar-refractivity contribution in [1.29, 1.82) is 5.26 Å². The molecule has 1 N–H and O–H groups in total. The second-order valence-corrected chi connectivity index (χ2v) is 6.89. The summed E-state index contributed by atoms with van der Waals surface area (Å²) in [5.41, 5.74) is 3.77. The van der Waals surface area contributed by atoms with Crippen LogP contribution >= 0.6 is 0 Å². The quantitative estimate of drug-likeness (QED) is 0.746. The van der Waals surface area contributed by atoms with Crippen LogP contribution in [-0.2, 0) is 0 Å². The molecule has 0 radical (unpaired) electrons. The summed E-state index contributed by atoms with van der Waals surface area (Å²) in [5.74, 6) is -0.239. The van der Waals surface area contributed by atoms with Crippen LogP contribution in [0, 0.1) is 11.3 Å². The maximum absolute atomic E-state index is 12.6. The van der Waals surface area contributed by atoms with Crippen LogP contribution < -0.4 is 15.1 Å². The van der Waals surface area contributed by atoms with E-state index in [1.54, 1.807) is 36.7 Å². The monoisotopic (exact) mass is 383 g/mol. The highest BCUT2D eigenvalue weighted by Crippen LogP contribution is 2.21. The molecule has 0 atom stereocenters. The number of nitrogens with zero attached hydrogens (tertiary/aromatic N) is 4. The zero-order valence-corrected chi connectivity index (χ0v) is 16.0. The molecule has 1 aliphatic heterocycles. The summed E-state index contributed by atoms with van der Waals surface area (Å²) in [6.45, 7) is 3.57. The van der Waals surface area contributed by atoms with Crippen LogP contribution in [0.4, 0.5) is 17.1 Å². The Morgan fingerprint density at radius 3 is 2.34 bits per heavy atom. The average molecular weight is 383 g/mol. The standard InChI is InChI=1S/C23H21N5O/c24-15-18-5-4-6-20(13-18)26-23(29)19-14-22(17-25-16-19)28-11-9-27(10-12-28)21-7-2-1-3-8-21/h1-8,13-14,16-17H,9-12H2,(H,26,29). The van der Waals surface area contributed by atoms with Gasteiger partial charge in [0.1, 0.15) is 0 Å². The lowest BCUT2D eigenvalue weighted by Gasteiger charge is -2.37. The smallest absolute Gasteiger partial charge is 0.257 e. The van der Waals surface area contributed by atoms with E-state index >= 15 is 0 Å². The number of piperazine rings is 1. The molecule has 0 aliphatic carbocycles. The topological polar surface area (TPSA) is 72.3 Å². The molecule has 1 fully saturated rings. The zero-order valence-electron chi connectivity index (χ0n) is 16.0. The van der Waals surface area contributed by atoms with Gasteiger partial charge in [0.25, 0.3) is 5.91 Å². The second kappa shape index (κ2) is 8.44. The SMILES string of the molecule is N#Cc1cccc(NC(=O)c2cncc(N3CCN(c4ccccc4)CC3)c2)c1. The van der Waals surface area contributed by atoms with E-state index in [4.69, 9.17) is 5.26 Å². The van der Waals surface area contributed by atoms with Gasteiger partial charge in [-0.2, -0.15) is 5.26 Å². The fraction of sp³-hybridized carbons (Fsp3) is 0.174. The Balaban J connectivity index is 1.42. The van der Waals surface area contributed by atoms with E-state index in [0.29, 0.717) is 16.8 Å². The number of nitriles is 1. The Kier molecular flexibility index (Phi) is 5.39. The normalized spacial score (nSPS) is 13.6. The first-order valence-electron chi connectivity index (χ1n) is 9.54. The number of hydrogen-bond donors (Lipinski definition) is 1. The lowest BCUT2D eigenvalue weighted by Crippen LogP contribution is -2.46. The number of carbonyl (C=O) groups is 1. The number of para-hydroxylation sites is 1. The number of pyridine rings is 1. The van der Waals surface area contributed by atoms with Gasteiger partial charge in [-0.1, -0.05) is 24.3 Å². The first kappa shape index (κ1) is 18.5. The largest absolute Gasteiger partial charge is 0.368 e. The number of nitrogens with one attached hydrogen (secondary N) is 1. The van der Waals surface area contributed by atoms with Crippen molar-refractivity contribution in [1.82, 2.24) is 4.98 Å². The molecule has 29 heavy (non-hydrogen) atoms. The van der Waals surface area contributed by atoms with Crippen LogP contribution in [0.15, 0.2) is 73.1 Å². The van der Waals surface area contributed by atoms with Gasteiger partial charge in [0.2, 0.25) is 0 Å². The highest BCUT2D eigenvalue weighted by Gasteiger charge is 2.18. The summed E-state index contributed by atoms with van der Waals surface area (Å²) in [6, 6.07) is 21.2. The minimum absolute atomic E-state index is 0.239. The number of aromatic nitrogens is 1. The fourth-order valence-electron chi connectivity index (χ4n) is 3.46. The molecule has 1 aliphatic rings. The van der Waals surface area contributed by atoms with Gasteiger partial charge in [0, 0.05) is 43.8 Å². The third kappa shape index (κ3) is 4.36. The first-order valence-corrected chi connectivity index (χ1v) is 9.54. The summed E-state index contributed by atoms with van der Waals surface area (Å²) < 4.78 is 0. The molecule has 2 heterocycles. The van der Waals surface area contributed by atoms with Gasteiger partial charge in [0.05, 0.1) is 29.1 Å². The van der Waals surface area contributed by atoms with Crippen molar-refractivity contribution in [2.45, 2.75) is 0 Å². The maximum Gasteiger partial charge on any atom is 0.257 e. The van der Waals surface area contributed by atoms with E-state index in [1.165, 1.54) is 5.69 Å². The lowest BCUT2D eigenvalue weighted by molar-refractivity contribution is 0.102. The summed E-state index contributed by atoms with van der Waals surface area (Å²) in [5, 5.41) is 11.8. The van der Waals surface area contributed by atoms with E-state index in [1.807, 2.05) is 12.1 Å². The number of rotatable bonds is 4.